The Morgan fingerprint density at radius 3 is 2.93 bits per heavy atom. The van der Waals surface area contributed by atoms with Gasteiger partial charge in [-0.3, -0.25) is 4.79 Å². The molecule has 1 fully saturated rings. The van der Waals surface area contributed by atoms with Gasteiger partial charge < -0.3 is 14.2 Å². The van der Waals surface area contributed by atoms with Crippen LogP contribution in [-0.2, 0) is 17.8 Å². The second kappa shape index (κ2) is 7.39. The fraction of sp³-hybridized carbons (Fsp3) is 0.381. The van der Waals surface area contributed by atoms with Crippen LogP contribution in [-0.4, -0.2) is 45.5 Å². The number of hydrogen-bond acceptors (Lipinski definition) is 4. The second-order valence-corrected chi connectivity index (χ2v) is 6.87. The summed E-state index contributed by atoms with van der Waals surface area (Å²) in [5, 5.41) is 0. The smallest absolute Gasteiger partial charge is 0.227 e. The first-order chi connectivity index (χ1) is 13.2. The van der Waals surface area contributed by atoms with Crippen molar-refractivity contribution in [2.24, 2.45) is 0 Å². The summed E-state index contributed by atoms with van der Waals surface area (Å²) in [5.41, 5.74) is 2.78. The van der Waals surface area contributed by atoms with Gasteiger partial charge in [0.2, 0.25) is 5.91 Å². The topological polar surface area (TPSA) is 60.2 Å². The summed E-state index contributed by atoms with van der Waals surface area (Å²) < 4.78 is 7.55. The molecule has 0 aliphatic carbocycles. The Labute approximate surface area is 158 Å². The largest absolute Gasteiger partial charge is 0.496 e. The van der Waals surface area contributed by atoms with Crippen LogP contribution < -0.4 is 4.74 Å². The van der Waals surface area contributed by atoms with Crippen LogP contribution in [0.1, 0.15) is 30.7 Å². The molecule has 2 aromatic heterocycles. The highest BCUT2D eigenvalue weighted by Crippen LogP contribution is 2.30. The lowest BCUT2D eigenvalue weighted by Crippen LogP contribution is -2.30. The van der Waals surface area contributed by atoms with Crippen LogP contribution in [0.3, 0.4) is 0 Å². The molecule has 1 saturated heterocycles. The minimum atomic E-state index is 0.138. The Morgan fingerprint density at radius 1 is 1.26 bits per heavy atom. The number of likely N-dealkylation sites (tertiary alicyclic amines) is 1. The van der Waals surface area contributed by atoms with E-state index in [4.69, 9.17) is 9.72 Å². The minimum Gasteiger partial charge on any atom is -0.496 e. The van der Waals surface area contributed by atoms with Crippen LogP contribution in [0.4, 0.5) is 0 Å². The number of benzene rings is 1. The van der Waals surface area contributed by atoms with E-state index in [1.165, 1.54) is 0 Å². The third-order valence-electron chi connectivity index (χ3n) is 5.29. The molecular formula is C21H24N4O2. The van der Waals surface area contributed by atoms with Crippen molar-refractivity contribution in [3.05, 3.63) is 54.0 Å². The molecule has 1 aliphatic rings. The summed E-state index contributed by atoms with van der Waals surface area (Å²) in [7, 11) is 1.64. The number of aromatic nitrogens is 3. The van der Waals surface area contributed by atoms with Gasteiger partial charge in [0.05, 0.1) is 13.5 Å². The van der Waals surface area contributed by atoms with Crippen molar-refractivity contribution in [1.82, 2.24) is 19.4 Å². The highest BCUT2D eigenvalue weighted by atomic mass is 16.5. The van der Waals surface area contributed by atoms with Gasteiger partial charge in [0.15, 0.2) is 5.65 Å². The van der Waals surface area contributed by atoms with E-state index in [0.29, 0.717) is 13.0 Å². The zero-order valence-corrected chi connectivity index (χ0v) is 15.8. The molecule has 3 aromatic rings. The normalized spacial score (nSPS) is 16.8. The summed E-state index contributed by atoms with van der Waals surface area (Å²) >= 11 is 0. The maximum Gasteiger partial charge on any atom is 0.227 e. The number of carbonyl (C=O) groups excluding carboxylic acids is 1. The van der Waals surface area contributed by atoms with Gasteiger partial charge in [0.1, 0.15) is 17.1 Å². The zero-order chi connectivity index (χ0) is 18.8. The summed E-state index contributed by atoms with van der Waals surface area (Å²) in [6.45, 7) is 4.41. The Kier molecular flexibility index (Phi) is 4.79. The lowest BCUT2D eigenvalue weighted by atomic mass is 10.1. The van der Waals surface area contributed by atoms with E-state index in [1.807, 2.05) is 41.3 Å². The SMILES string of the molecule is CCn1c(C2CCN(C(=O)Cc3ccccc3OC)C2)nc2cccnc21. The molecule has 140 valence electrons. The number of pyridine rings is 1. The predicted octanol–water partition coefficient (Wildman–Crippen LogP) is 3.02. The molecule has 3 heterocycles. The molecule has 1 atom stereocenters. The molecular weight excluding hydrogens is 340 g/mol. The second-order valence-electron chi connectivity index (χ2n) is 6.87. The van der Waals surface area contributed by atoms with Crippen LogP contribution >= 0.6 is 0 Å². The molecule has 0 saturated carbocycles. The molecule has 4 rings (SSSR count). The number of ether oxygens (including phenoxy) is 1. The molecule has 27 heavy (non-hydrogen) atoms. The fourth-order valence-electron chi connectivity index (χ4n) is 3.92. The number of carbonyl (C=O) groups is 1. The highest BCUT2D eigenvalue weighted by molar-refractivity contribution is 5.80. The van der Waals surface area contributed by atoms with Crippen molar-refractivity contribution < 1.29 is 9.53 Å². The van der Waals surface area contributed by atoms with Gasteiger partial charge in [-0.2, -0.15) is 0 Å². The maximum atomic E-state index is 12.8. The number of amides is 1. The van der Waals surface area contributed by atoms with Gasteiger partial charge in [0.25, 0.3) is 0 Å². The van der Waals surface area contributed by atoms with E-state index in [-0.39, 0.29) is 11.8 Å². The minimum absolute atomic E-state index is 0.138. The van der Waals surface area contributed by atoms with Crippen molar-refractivity contribution in [3.63, 3.8) is 0 Å². The van der Waals surface area contributed by atoms with Gasteiger partial charge in [-0.1, -0.05) is 18.2 Å². The number of imidazole rings is 1. The van der Waals surface area contributed by atoms with Crippen LogP contribution in [0.25, 0.3) is 11.2 Å². The molecule has 0 bridgehead atoms. The molecule has 0 spiro atoms. The van der Waals surface area contributed by atoms with Crippen LogP contribution in [0.15, 0.2) is 42.6 Å². The summed E-state index contributed by atoms with van der Waals surface area (Å²) in [4.78, 5) is 24.1. The molecule has 6 heteroatoms. The van der Waals surface area contributed by atoms with Gasteiger partial charge in [-0.15, -0.1) is 0 Å². The molecule has 0 radical (unpaired) electrons. The first-order valence-corrected chi connectivity index (χ1v) is 9.42. The first kappa shape index (κ1) is 17.5. The Bertz CT molecular complexity index is 966. The summed E-state index contributed by atoms with van der Waals surface area (Å²) in [6.07, 6.45) is 3.10. The molecule has 1 unspecified atom stereocenters. The Balaban J connectivity index is 1.51. The lowest BCUT2D eigenvalue weighted by molar-refractivity contribution is -0.129. The lowest BCUT2D eigenvalue weighted by Gasteiger charge is -2.18. The van der Waals surface area contributed by atoms with Gasteiger partial charge in [0, 0.05) is 37.3 Å². The average molecular weight is 364 g/mol. The predicted molar refractivity (Wildman–Crippen MR) is 104 cm³/mol. The van der Waals surface area contributed by atoms with E-state index in [2.05, 4.69) is 16.5 Å². The number of nitrogens with zero attached hydrogens (tertiary/aromatic N) is 4. The summed E-state index contributed by atoms with van der Waals surface area (Å²) in [5.74, 6) is 2.19. The standard InChI is InChI=1S/C21H24N4O2/c1-3-25-20(23-17-8-6-11-22-21(17)25)16-10-12-24(14-16)19(26)13-15-7-4-5-9-18(15)27-2/h4-9,11,16H,3,10,12-14H2,1-2H3. The Morgan fingerprint density at radius 2 is 2.11 bits per heavy atom. The Hall–Kier alpha value is -2.89. The number of para-hydroxylation sites is 1. The maximum absolute atomic E-state index is 12.8. The van der Waals surface area contributed by atoms with Crippen LogP contribution in [0.5, 0.6) is 5.75 Å². The van der Waals surface area contributed by atoms with E-state index in [1.54, 1.807) is 13.3 Å². The van der Waals surface area contributed by atoms with E-state index >= 15 is 0 Å². The van der Waals surface area contributed by atoms with Crippen LogP contribution in [0.2, 0.25) is 0 Å². The number of rotatable bonds is 5. The summed E-state index contributed by atoms with van der Waals surface area (Å²) in [6, 6.07) is 11.6. The molecule has 6 nitrogen and oxygen atoms in total. The average Bonchev–Trinajstić information content (AvgIpc) is 3.32. The fourth-order valence-corrected chi connectivity index (χ4v) is 3.92. The zero-order valence-electron chi connectivity index (χ0n) is 15.8. The first-order valence-electron chi connectivity index (χ1n) is 9.42. The molecule has 1 aromatic carbocycles. The highest BCUT2D eigenvalue weighted by Gasteiger charge is 2.31. The van der Waals surface area contributed by atoms with Gasteiger partial charge in [-0.05, 0) is 31.5 Å². The van der Waals surface area contributed by atoms with Gasteiger partial charge in [-0.25, -0.2) is 9.97 Å². The van der Waals surface area contributed by atoms with Gasteiger partial charge >= 0.3 is 0 Å². The number of hydrogen-bond donors (Lipinski definition) is 0. The number of aryl methyl sites for hydroxylation is 1. The van der Waals surface area contributed by atoms with Crippen molar-refractivity contribution >= 4 is 17.1 Å². The third-order valence-corrected chi connectivity index (χ3v) is 5.29. The third kappa shape index (κ3) is 3.27. The quantitative estimate of drug-likeness (QED) is 0.698. The van der Waals surface area contributed by atoms with E-state index < -0.39 is 0 Å². The number of fused-ring (bicyclic) bond motifs is 1. The van der Waals surface area contributed by atoms with Crippen LogP contribution in [0, 0.1) is 0 Å². The van der Waals surface area contributed by atoms with Crippen molar-refractivity contribution in [3.8, 4) is 5.75 Å². The van der Waals surface area contributed by atoms with Crippen molar-refractivity contribution in [2.75, 3.05) is 20.2 Å². The molecule has 0 N–H and O–H groups in total. The van der Waals surface area contributed by atoms with Crippen molar-refractivity contribution in [1.29, 1.82) is 0 Å². The van der Waals surface area contributed by atoms with Crippen molar-refractivity contribution in [2.45, 2.75) is 32.2 Å². The van der Waals surface area contributed by atoms with E-state index in [0.717, 1.165) is 47.8 Å². The monoisotopic (exact) mass is 364 g/mol. The molecule has 1 aliphatic heterocycles. The number of methoxy groups -OCH3 is 1. The van der Waals surface area contributed by atoms with E-state index in [9.17, 15) is 4.79 Å². The molecule has 1 amide bonds.